The average Bonchev–Trinajstić information content (AvgIpc) is 2.56. The zero-order chi connectivity index (χ0) is 11.8. The SMILES string of the molecule is CCC1CCCc2sc(NC(C)(C)C)nc21. The first kappa shape index (κ1) is 11.9. The van der Waals surface area contributed by atoms with Crippen LogP contribution in [0.2, 0.25) is 0 Å². The van der Waals surface area contributed by atoms with E-state index in [0.29, 0.717) is 5.92 Å². The van der Waals surface area contributed by atoms with Crippen molar-refractivity contribution in [3.63, 3.8) is 0 Å². The highest BCUT2D eigenvalue weighted by atomic mass is 32.1. The van der Waals surface area contributed by atoms with Gasteiger partial charge in [-0.05, 0) is 46.5 Å². The molecule has 1 aliphatic rings. The van der Waals surface area contributed by atoms with Crippen molar-refractivity contribution in [1.82, 2.24) is 4.98 Å². The Kier molecular flexibility index (Phi) is 3.24. The van der Waals surface area contributed by atoms with Gasteiger partial charge < -0.3 is 5.32 Å². The van der Waals surface area contributed by atoms with Gasteiger partial charge in [-0.3, -0.25) is 0 Å². The molecule has 0 spiro atoms. The number of anilines is 1. The Labute approximate surface area is 102 Å². The third kappa shape index (κ3) is 2.57. The molecular weight excluding hydrogens is 216 g/mol. The first-order valence-electron chi connectivity index (χ1n) is 6.27. The molecule has 2 rings (SSSR count). The molecule has 1 atom stereocenters. The Hall–Kier alpha value is -0.570. The fraction of sp³-hybridized carbons (Fsp3) is 0.769. The number of nitrogens with one attached hydrogen (secondary N) is 1. The quantitative estimate of drug-likeness (QED) is 0.836. The van der Waals surface area contributed by atoms with Crippen LogP contribution in [0.25, 0.3) is 0 Å². The molecule has 0 bridgehead atoms. The van der Waals surface area contributed by atoms with E-state index in [1.54, 1.807) is 0 Å². The van der Waals surface area contributed by atoms with Crippen LogP contribution in [0.1, 0.15) is 63.4 Å². The van der Waals surface area contributed by atoms with Crippen LogP contribution in [0.15, 0.2) is 0 Å². The van der Waals surface area contributed by atoms with Crippen LogP contribution in [0.5, 0.6) is 0 Å². The first-order valence-corrected chi connectivity index (χ1v) is 7.09. The molecule has 0 aliphatic heterocycles. The largest absolute Gasteiger partial charge is 0.357 e. The summed E-state index contributed by atoms with van der Waals surface area (Å²) in [6, 6.07) is 0. The van der Waals surface area contributed by atoms with Crippen LogP contribution < -0.4 is 5.32 Å². The van der Waals surface area contributed by atoms with E-state index in [2.05, 4.69) is 33.0 Å². The maximum absolute atomic E-state index is 4.80. The van der Waals surface area contributed by atoms with Crippen molar-refractivity contribution < 1.29 is 0 Å². The summed E-state index contributed by atoms with van der Waals surface area (Å²) in [7, 11) is 0. The highest BCUT2D eigenvalue weighted by Crippen LogP contribution is 2.38. The summed E-state index contributed by atoms with van der Waals surface area (Å²) in [5, 5.41) is 4.60. The number of aromatic nitrogens is 1. The standard InChI is InChI=1S/C13H22N2S/c1-5-9-7-6-8-10-11(9)14-12(16-10)15-13(2,3)4/h9H,5-8H2,1-4H3,(H,14,15). The van der Waals surface area contributed by atoms with Crippen molar-refractivity contribution in [3.8, 4) is 0 Å². The van der Waals surface area contributed by atoms with Gasteiger partial charge in [-0.15, -0.1) is 11.3 Å². The van der Waals surface area contributed by atoms with Crippen molar-refractivity contribution in [1.29, 1.82) is 0 Å². The van der Waals surface area contributed by atoms with Crippen molar-refractivity contribution in [3.05, 3.63) is 10.6 Å². The summed E-state index contributed by atoms with van der Waals surface area (Å²) in [5.74, 6) is 0.704. The molecule has 1 N–H and O–H groups in total. The maximum Gasteiger partial charge on any atom is 0.183 e. The monoisotopic (exact) mass is 238 g/mol. The number of aryl methyl sites for hydroxylation is 1. The molecule has 0 aromatic carbocycles. The second-order valence-corrected chi connectivity index (χ2v) is 6.78. The molecule has 1 aliphatic carbocycles. The molecule has 16 heavy (non-hydrogen) atoms. The Morgan fingerprint density at radius 2 is 2.19 bits per heavy atom. The molecule has 0 amide bonds. The topological polar surface area (TPSA) is 24.9 Å². The highest BCUT2D eigenvalue weighted by Gasteiger charge is 2.24. The molecule has 3 heteroatoms. The van der Waals surface area contributed by atoms with Crippen LogP contribution in [0.4, 0.5) is 5.13 Å². The number of hydrogen-bond acceptors (Lipinski definition) is 3. The van der Waals surface area contributed by atoms with Gasteiger partial charge in [0.25, 0.3) is 0 Å². The van der Waals surface area contributed by atoms with Crippen molar-refractivity contribution in [2.24, 2.45) is 0 Å². The minimum Gasteiger partial charge on any atom is -0.357 e. The minimum absolute atomic E-state index is 0.113. The summed E-state index contributed by atoms with van der Waals surface area (Å²) >= 11 is 1.86. The molecule has 1 heterocycles. The van der Waals surface area contributed by atoms with E-state index < -0.39 is 0 Å². The predicted octanol–water partition coefficient (Wildman–Crippen LogP) is 4.18. The smallest absolute Gasteiger partial charge is 0.183 e. The fourth-order valence-electron chi connectivity index (χ4n) is 2.28. The normalized spacial score (nSPS) is 20.6. The summed E-state index contributed by atoms with van der Waals surface area (Å²) in [6.07, 6.45) is 5.12. The number of nitrogens with zero attached hydrogens (tertiary/aromatic N) is 1. The van der Waals surface area contributed by atoms with E-state index in [4.69, 9.17) is 4.98 Å². The molecule has 90 valence electrons. The summed E-state index contributed by atoms with van der Waals surface area (Å²) < 4.78 is 0. The number of rotatable bonds is 2. The Morgan fingerprint density at radius 1 is 1.44 bits per heavy atom. The summed E-state index contributed by atoms with van der Waals surface area (Å²) in [6.45, 7) is 8.83. The number of hydrogen-bond donors (Lipinski definition) is 1. The Bertz CT molecular complexity index is 362. The zero-order valence-electron chi connectivity index (χ0n) is 10.8. The molecule has 1 unspecified atom stereocenters. The van der Waals surface area contributed by atoms with E-state index in [1.807, 2.05) is 11.3 Å². The lowest BCUT2D eigenvalue weighted by molar-refractivity contribution is 0.533. The lowest BCUT2D eigenvalue weighted by Crippen LogP contribution is -2.25. The van der Waals surface area contributed by atoms with Gasteiger partial charge in [-0.1, -0.05) is 6.92 Å². The zero-order valence-corrected chi connectivity index (χ0v) is 11.6. The molecule has 1 aromatic rings. The van der Waals surface area contributed by atoms with Gasteiger partial charge in [0.15, 0.2) is 5.13 Å². The Balaban J connectivity index is 2.22. The van der Waals surface area contributed by atoms with Crippen molar-refractivity contribution >= 4 is 16.5 Å². The van der Waals surface area contributed by atoms with Gasteiger partial charge in [-0.25, -0.2) is 4.98 Å². The predicted molar refractivity (Wildman–Crippen MR) is 71.5 cm³/mol. The lowest BCUT2D eigenvalue weighted by Gasteiger charge is -2.20. The molecule has 0 fully saturated rings. The van der Waals surface area contributed by atoms with Crippen LogP contribution in [-0.4, -0.2) is 10.5 Å². The van der Waals surface area contributed by atoms with Crippen molar-refractivity contribution in [2.75, 3.05) is 5.32 Å². The van der Waals surface area contributed by atoms with Crippen LogP contribution in [0.3, 0.4) is 0 Å². The van der Waals surface area contributed by atoms with Gasteiger partial charge >= 0.3 is 0 Å². The van der Waals surface area contributed by atoms with Gasteiger partial charge in [0.05, 0.1) is 5.69 Å². The third-order valence-electron chi connectivity index (χ3n) is 3.05. The number of thiazole rings is 1. The fourth-order valence-corrected chi connectivity index (χ4v) is 3.58. The second-order valence-electron chi connectivity index (χ2n) is 5.70. The molecule has 2 nitrogen and oxygen atoms in total. The van der Waals surface area contributed by atoms with E-state index in [-0.39, 0.29) is 5.54 Å². The maximum atomic E-state index is 4.80. The van der Waals surface area contributed by atoms with E-state index in [1.165, 1.54) is 36.3 Å². The third-order valence-corrected chi connectivity index (χ3v) is 4.09. The highest BCUT2D eigenvalue weighted by molar-refractivity contribution is 7.15. The van der Waals surface area contributed by atoms with E-state index >= 15 is 0 Å². The molecule has 0 radical (unpaired) electrons. The summed E-state index contributed by atoms with van der Waals surface area (Å²) in [5.41, 5.74) is 1.49. The van der Waals surface area contributed by atoms with Crippen LogP contribution in [-0.2, 0) is 6.42 Å². The van der Waals surface area contributed by atoms with E-state index in [0.717, 1.165) is 5.13 Å². The van der Waals surface area contributed by atoms with Gasteiger partial charge in [0, 0.05) is 16.3 Å². The van der Waals surface area contributed by atoms with E-state index in [9.17, 15) is 0 Å². The summed E-state index contributed by atoms with van der Waals surface area (Å²) in [4.78, 5) is 6.31. The second kappa shape index (κ2) is 4.36. The lowest BCUT2D eigenvalue weighted by atomic mass is 9.89. The molecule has 0 saturated carbocycles. The number of fused-ring (bicyclic) bond motifs is 1. The van der Waals surface area contributed by atoms with Crippen LogP contribution in [0, 0.1) is 0 Å². The van der Waals surface area contributed by atoms with Gasteiger partial charge in [0.2, 0.25) is 0 Å². The Morgan fingerprint density at radius 3 is 2.81 bits per heavy atom. The average molecular weight is 238 g/mol. The first-order chi connectivity index (χ1) is 7.49. The van der Waals surface area contributed by atoms with Crippen LogP contribution >= 0.6 is 11.3 Å². The molecule has 0 saturated heterocycles. The van der Waals surface area contributed by atoms with Gasteiger partial charge in [0.1, 0.15) is 0 Å². The minimum atomic E-state index is 0.113. The molecule has 1 aromatic heterocycles. The van der Waals surface area contributed by atoms with Crippen molar-refractivity contribution in [2.45, 2.75) is 64.8 Å². The molecular formula is C13H22N2S. The van der Waals surface area contributed by atoms with Gasteiger partial charge in [-0.2, -0.15) is 0 Å².